The molecular weight excluding hydrogens is 330 g/mol. The normalized spacial score (nSPS) is 14.7. The number of carbonyl (C=O) groups excluding carboxylic acids is 3. The number of thioether (sulfide) groups is 1. The van der Waals surface area contributed by atoms with Gasteiger partial charge in [0.25, 0.3) is 5.91 Å². The highest BCUT2D eigenvalue weighted by Crippen LogP contribution is 2.18. The van der Waals surface area contributed by atoms with Crippen LogP contribution in [0.4, 0.5) is 4.79 Å². The number of pyridine rings is 1. The summed E-state index contributed by atoms with van der Waals surface area (Å²) in [6, 6.07) is 2.76. The monoisotopic (exact) mass is 351 g/mol. The molecule has 0 aliphatic heterocycles. The second-order valence-electron chi connectivity index (χ2n) is 5.49. The molecule has 1 aromatic rings. The molecule has 1 saturated carbocycles. The van der Waals surface area contributed by atoms with E-state index >= 15 is 0 Å². The van der Waals surface area contributed by atoms with Crippen LogP contribution in [0.25, 0.3) is 0 Å². The fraction of sp³-hybridized carbons (Fsp3) is 0.500. The fourth-order valence-electron chi connectivity index (χ4n) is 2.55. The molecule has 1 aliphatic rings. The third-order valence-electron chi connectivity index (χ3n) is 3.71. The highest BCUT2D eigenvalue weighted by atomic mass is 32.2. The van der Waals surface area contributed by atoms with Crippen LogP contribution in [-0.2, 0) is 9.53 Å². The lowest BCUT2D eigenvalue weighted by molar-refractivity contribution is -0.123. The summed E-state index contributed by atoms with van der Waals surface area (Å²) >= 11 is 1.31. The van der Waals surface area contributed by atoms with Gasteiger partial charge in [0.05, 0.1) is 5.56 Å². The van der Waals surface area contributed by atoms with Crippen LogP contribution in [0.15, 0.2) is 23.4 Å². The molecule has 0 spiro atoms. The summed E-state index contributed by atoms with van der Waals surface area (Å²) in [5.41, 5.74) is 0.296. The fourth-order valence-corrected chi connectivity index (χ4v) is 3.09. The van der Waals surface area contributed by atoms with Gasteiger partial charge in [0.2, 0.25) is 0 Å². The van der Waals surface area contributed by atoms with E-state index in [4.69, 9.17) is 4.74 Å². The summed E-state index contributed by atoms with van der Waals surface area (Å²) in [4.78, 5) is 39.5. The van der Waals surface area contributed by atoms with E-state index in [0.29, 0.717) is 10.6 Å². The van der Waals surface area contributed by atoms with Crippen LogP contribution in [0.3, 0.4) is 0 Å². The number of aromatic nitrogens is 1. The lowest BCUT2D eigenvalue weighted by Gasteiger charge is -2.22. The van der Waals surface area contributed by atoms with Crippen LogP contribution < -0.4 is 10.6 Å². The van der Waals surface area contributed by atoms with E-state index < -0.39 is 24.5 Å². The maximum atomic E-state index is 12.0. The van der Waals surface area contributed by atoms with E-state index in [1.165, 1.54) is 18.2 Å². The van der Waals surface area contributed by atoms with Gasteiger partial charge < -0.3 is 10.1 Å². The summed E-state index contributed by atoms with van der Waals surface area (Å²) < 4.78 is 4.94. The first-order valence-corrected chi connectivity index (χ1v) is 9.09. The third-order valence-corrected chi connectivity index (χ3v) is 4.42. The van der Waals surface area contributed by atoms with Gasteiger partial charge in [-0.3, -0.25) is 10.1 Å². The first-order valence-electron chi connectivity index (χ1n) is 7.86. The zero-order valence-electron chi connectivity index (χ0n) is 13.5. The van der Waals surface area contributed by atoms with Gasteiger partial charge in [0.15, 0.2) is 6.61 Å². The molecule has 0 radical (unpaired) electrons. The van der Waals surface area contributed by atoms with E-state index in [1.54, 1.807) is 24.6 Å². The molecule has 3 amide bonds. The number of rotatable bonds is 5. The lowest BCUT2D eigenvalue weighted by atomic mass is 9.96. The molecule has 0 unspecified atom stereocenters. The van der Waals surface area contributed by atoms with Crippen molar-refractivity contribution in [3.63, 3.8) is 0 Å². The number of esters is 1. The first-order chi connectivity index (χ1) is 11.6. The Bertz CT molecular complexity index is 603. The summed E-state index contributed by atoms with van der Waals surface area (Å²) in [6.45, 7) is -0.514. The topological polar surface area (TPSA) is 97.4 Å². The molecule has 1 aromatic heterocycles. The van der Waals surface area contributed by atoms with Crippen LogP contribution in [-0.4, -0.2) is 41.8 Å². The molecule has 0 bridgehead atoms. The molecule has 0 saturated heterocycles. The molecule has 2 N–H and O–H groups in total. The Balaban J connectivity index is 1.75. The van der Waals surface area contributed by atoms with Crippen LogP contribution in [0.2, 0.25) is 0 Å². The van der Waals surface area contributed by atoms with Gasteiger partial charge in [-0.2, -0.15) is 0 Å². The summed E-state index contributed by atoms with van der Waals surface area (Å²) in [7, 11) is 0. The minimum Gasteiger partial charge on any atom is -0.452 e. The number of amides is 3. The molecule has 1 heterocycles. The van der Waals surface area contributed by atoms with Crippen molar-refractivity contribution in [1.82, 2.24) is 15.6 Å². The highest BCUT2D eigenvalue weighted by Gasteiger charge is 2.18. The smallest absolute Gasteiger partial charge is 0.341 e. The van der Waals surface area contributed by atoms with Crippen molar-refractivity contribution in [2.24, 2.45) is 0 Å². The largest absolute Gasteiger partial charge is 0.452 e. The van der Waals surface area contributed by atoms with Crippen molar-refractivity contribution in [3.8, 4) is 0 Å². The van der Waals surface area contributed by atoms with Crippen molar-refractivity contribution < 1.29 is 19.1 Å². The molecule has 24 heavy (non-hydrogen) atoms. The second-order valence-corrected chi connectivity index (χ2v) is 6.29. The number of urea groups is 1. The Morgan fingerprint density at radius 1 is 1.29 bits per heavy atom. The lowest BCUT2D eigenvalue weighted by Crippen LogP contribution is -2.46. The number of carbonyl (C=O) groups is 3. The molecule has 130 valence electrons. The average Bonchev–Trinajstić information content (AvgIpc) is 2.60. The predicted molar refractivity (Wildman–Crippen MR) is 89.8 cm³/mol. The van der Waals surface area contributed by atoms with E-state index in [9.17, 15) is 14.4 Å². The molecular formula is C16H21N3O4S. The number of nitrogens with zero attached hydrogens (tertiary/aromatic N) is 1. The summed E-state index contributed by atoms with van der Waals surface area (Å²) in [5.74, 6) is -1.30. The van der Waals surface area contributed by atoms with Crippen molar-refractivity contribution in [3.05, 3.63) is 23.9 Å². The number of hydrogen-bond donors (Lipinski definition) is 2. The Hall–Kier alpha value is -2.09. The van der Waals surface area contributed by atoms with Crippen molar-refractivity contribution >= 4 is 29.7 Å². The van der Waals surface area contributed by atoms with Gasteiger partial charge in [-0.1, -0.05) is 19.3 Å². The van der Waals surface area contributed by atoms with Crippen LogP contribution in [0.1, 0.15) is 42.5 Å². The maximum Gasteiger partial charge on any atom is 0.341 e. The zero-order valence-corrected chi connectivity index (χ0v) is 14.4. The Morgan fingerprint density at radius 2 is 2.04 bits per heavy atom. The van der Waals surface area contributed by atoms with Gasteiger partial charge in [-0.25, -0.2) is 14.6 Å². The Labute approximate surface area is 144 Å². The average molecular weight is 351 g/mol. The van der Waals surface area contributed by atoms with Crippen LogP contribution in [0, 0.1) is 0 Å². The van der Waals surface area contributed by atoms with Gasteiger partial charge in [-0.15, -0.1) is 11.8 Å². The zero-order chi connectivity index (χ0) is 17.4. The van der Waals surface area contributed by atoms with Crippen LogP contribution in [0.5, 0.6) is 0 Å². The maximum absolute atomic E-state index is 12.0. The Morgan fingerprint density at radius 3 is 2.75 bits per heavy atom. The second kappa shape index (κ2) is 9.27. The molecule has 8 heteroatoms. The van der Waals surface area contributed by atoms with Crippen molar-refractivity contribution in [2.45, 2.75) is 43.2 Å². The minimum atomic E-state index is -0.661. The molecule has 7 nitrogen and oxygen atoms in total. The number of hydrogen-bond acceptors (Lipinski definition) is 6. The van der Waals surface area contributed by atoms with E-state index in [2.05, 4.69) is 15.6 Å². The summed E-state index contributed by atoms with van der Waals surface area (Å²) in [6.07, 6.45) is 8.57. The Kier molecular flexibility index (Phi) is 7.05. The van der Waals surface area contributed by atoms with Crippen molar-refractivity contribution in [2.75, 3.05) is 12.9 Å². The predicted octanol–water partition coefficient (Wildman–Crippen LogP) is 2.12. The van der Waals surface area contributed by atoms with Gasteiger partial charge in [0.1, 0.15) is 5.03 Å². The number of nitrogens with one attached hydrogen (secondary N) is 2. The SMILES string of the molecule is CSc1ncccc1C(=O)OCC(=O)NC(=O)NC1CCCCC1. The van der Waals surface area contributed by atoms with Crippen LogP contribution >= 0.6 is 11.8 Å². The molecule has 1 fully saturated rings. The third kappa shape index (κ3) is 5.52. The number of ether oxygens (including phenoxy) is 1. The van der Waals surface area contributed by atoms with Crippen molar-refractivity contribution in [1.29, 1.82) is 0 Å². The molecule has 0 atom stereocenters. The number of imide groups is 1. The first kappa shape index (κ1) is 18.3. The minimum absolute atomic E-state index is 0.105. The molecule has 1 aliphatic carbocycles. The van der Waals surface area contributed by atoms with Gasteiger partial charge >= 0.3 is 12.0 Å². The standard InChI is InChI=1S/C16H21N3O4S/c1-24-14-12(8-5-9-17-14)15(21)23-10-13(20)19-16(22)18-11-6-3-2-4-7-11/h5,8-9,11H,2-4,6-7,10H2,1H3,(H2,18,19,20,22). The summed E-state index contributed by atoms with van der Waals surface area (Å²) in [5, 5.41) is 5.46. The van der Waals surface area contributed by atoms with E-state index in [-0.39, 0.29) is 6.04 Å². The van der Waals surface area contributed by atoms with Gasteiger partial charge in [0, 0.05) is 12.2 Å². The van der Waals surface area contributed by atoms with E-state index in [0.717, 1.165) is 25.7 Å². The van der Waals surface area contributed by atoms with Gasteiger partial charge in [-0.05, 0) is 31.2 Å². The molecule has 0 aromatic carbocycles. The highest BCUT2D eigenvalue weighted by molar-refractivity contribution is 7.98. The molecule has 2 rings (SSSR count). The quantitative estimate of drug-likeness (QED) is 0.623. The van der Waals surface area contributed by atoms with E-state index in [1.807, 2.05) is 0 Å².